The van der Waals surface area contributed by atoms with Crippen molar-refractivity contribution >= 4 is 11.4 Å². The Kier molecular flexibility index (Phi) is 12.6. The molecule has 0 bridgehead atoms. The first-order valence-corrected chi connectivity index (χ1v) is 13.6. The van der Waals surface area contributed by atoms with Gasteiger partial charge in [-0.25, -0.2) is 0 Å². The molecule has 0 atom stereocenters. The number of anilines is 2. The molecule has 35 heavy (non-hydrogen) atoms. The van der Waals surface area contributed by atoms with Crippen LogP contribution in [0.2, 0.25) is 0 Å². The minimum atomic E-state index is -0.0822. The van der Waals surface area contributed by atoms with Crippen LogP contribution in [-0.4, -0.2) is 5.11 Å². The SMILES string of the molecule is CC.CC(C)(C)CC(C)(C)c1ccc(Nc2ccc(C(C)(C)CC(C)(C)C)c(O)c2)cc1.CCC. The van der Waals surface area contributed by atoms with Gasteiger partial charge in [-0.1, -0.05) is 122 Å². The molecule has 0 saturated carbocycles. The third-order valence-corrected chi connectivity index (χ3v) is 5.63. The summed E-state index contributed by atoms with van der Waals surface area (Å²) in [5.74, 6) is 0.359. The van der Waals surface area contributed by atoms with Crippen molar-refractivity contribution in [3.63, 3.8) is 0 Å². The Morgan fingerprint density at radius 1 is 0.629 bits per heavy atom. The molecular weight excluding hydrogens is 426 g/mol. The molecule has 2 N–H and O–H groups in total. The van der Waals surface area contributed by atoms with Gasteiger partial charge >= 0.3 is 0 Å². The van der Waals surface area contributed by atoms with Crippen molar-refractivity contribution in [1.29, 1.82) is 0 Å². The van der Waals surface area contributed by atoms with Crippen LogP contribution >= 0.6 is 0 Å². The molecule has 0 unspecified atom stereocenters. The van der Waals surface area contributed by atoms with Crippen molar-refractivity contribution in [2.45, 2.75) is 127 Å². The molecule has 0 aromatic heterocycles. The van der Waals surface area contributed by atoms with Crippen molar-refractivity contribution in [1.82, 2.24) is 0 Å². The summed E-state index contributed by atoms with van der Waals surface area (Å²) in [4.78, 5) is 0. The summed E-state index contributed by atoms with van der Waals surface area (Å²) in [5.41, 5.74) is 4.84. The highest BCUT2D eigenvalue weighted by Gasteiger charge is 2.30. The highest BCUT2D eigenvalue weighted by molar-refractivity contribution is 5.63. The molecule has 2 aromatic carbocycles. The van der Waals surface area contributed by atoms with Gasteiger partial charge in [-0.2, -0.15) is 0 Å². The predicted molar refractivity (Wildman–Crippen MR) is 159 cm³/mol. The Morgan fingerprint density at radius 2 is 1.03 bits per heavy atom. The summed E-state index contributed by atoms with van der Waals surface area (Å²) in [6.45, 7) is 30.9. The maximum absolute atomic E-state index is 10.7. The van der Waals surface area contributed by atoms with Crippen LogP contribution in [0, 0.1) is 10.8 Å². The van der Waals surface area contributed by atoms with Gasteiger partial charge in [0, 0.05) is 17.4 Å². The lowest BCUT2D eigenvalue weighted by atomic mass is 9.72. The average molecular weight is 484 g/mol. The topological polar surface area (TPSA) is 32.3 Å². The van der Waals surface area contributed by atoms with Crippen LogP contribution in [0.15, 0.2) is 42.5 Å². The van der Waals surface area contributed by atoms with E-state index in [1.807, 2.05) is 19.9 Å². The molecule has 0 radical (unpaired) electrons. The molecule has 2 nitrogen and oxygen atoms in total. The zero-order valence-corrected chi connectivity index (χ0v) is 25.6. The second kappa shape index (κ2) is 13.4. The van der Waals surface area contributed by atoms with Gasteiger partial charge in [0.25, 0.3) is 0 Å². The normalized spacial score (nSPS) is 12.2. The maximum Gasteiger partial charge on any atom is 0.121 e. The highest BCUT2D eigenvalue weighted by atomic mass is 16.3. The Labute approximate surface area is 219 Å². The fourth-order valence-corrected chi connectivity index (χ4v) is 5.20. The molecule has 0 fully saturated rings. The van der Waals surface area contributed by atoms with Crippen LogP contribution in [0.3, 0.4) is 0 Å². The van der Waals surface area contributed by atoms with E-state index in [4.69, 9.17) is 0 Å². The first-order valence-electron chi connectivity index (χ1n) is 13.6. The summed E-state index contributed by atoms with van der Waals surface area (Å²) in [6.07, 6.45) is 3.39. The van der Waals surface area contributed by atoms with E-state index in [1.165, 1.54) is 12.0 Å². The van der Waals surface area contributed by atoms with E-state index in [1.54, 1.807) is 0 Å². The number of hydrogen-bond donors (Lipinski definition) is 2. The highest BCUT2D eigenvalue weighted by Crippen LogP contribution is 2.41. The van der Waals surface area contributed by atoms with Gasteiger partial charge < -0.3 is 10.4 Å². The smallest absolute Gasteiger partial charge is 0.121 e. The number of phenols is 1. The Morgan fingerprint density at radius 3 is 1.43 bits per heavy atom. The van der Waals surface area contributed by atoms with Gasteiger partial charge in [0.1, 0.15) is 5.75 Å². The third kappa shape index (κ3) is 12.0. The monoisotopic (exact) mass is 483 g/mol. The van der Waals surface area contributed by atoms with Crippen LogP contribution < -0.4 is 5.32 Å². The Hall–Kier alpha value is -1.96. The summed E-state index contributed by atoms with van der Waals surface area (Å²) >= 11 is 0. The van der Waals surface area contributed by atoms with Crippen LogP contribution in [0.1, 0.15) is 127 Å². The molecule has 0 spiro atoms. The fourth-order valence-electron chi connectivity index (χ4n) is 5.20. The first kappa shape index (κ1) is 33.0. The van der Waals surface area contributed by atoms with Gasteiger partial charge in [0.15, 0.2) is 0 Å². The zero-order valence-electron chi connectivity index (χ0n) is 25.6. The zero-order chi connectivity index (χ0) is 27.7. The fraction of sp³-hybridized carbons (Fsp3) is 0.636. The van der Waals surface area contributed by atoms with E-state index < -0.39 is 0 Å². The maximum atomic E-state index is 10.7. The number of aromatic hydroxyl groups is 1. The van der Waals surface area contributed by atoms with Crippen LogP contribution in [0.25, 0.3) is 0 Å². The molecule has 0 aliphatic heterocycles. The van der Waals surface area contributed by atoms with Crippen molar-refractivity contribution in [2.75, 3.05) is 5.32 Å². The minimum Gasteiger partial charge on any atom is -0.508 e. The van der Waals surface area contributed by atoms with Crippen molar-refractivity contribution in [3.8, 4) is 5.75 Å². The van der Waals surface area contributed by atoms with Crippen molar-refractivity contribution in [3.05, 3.63) is 53.6 Å². The molecule has 0 aliphatic carbocycles. The summed E-state index contributed by atoms with van der Waals surface area (Å²) in [5, 5.41) is 14.2. The number of benzene rings is 2. The number of hydrogen-bond acceptors (Lipinski definition) is 2. The van der Waals surface area contributed by atoms with Crippen molar-refractivity contribution < 1.29 is 5.11 Å². The number of nitrogens with one attached hydrogen (secondary N) is 1. The van der Waals surface area contributed by atoms with Gasteiger partial charge in [0.2, 0.25) is 0 Å². The van der Waals surface area contributed by atoms with Crippen molar-refractivity contribution in [2.24, 2.45) is 10.8 Å². The largest absolute Gasteiger partial charge is 0.508 e. The Balaban J connectivity index is 0.00000214. The van der Waals surface area contributed by atoms with E-state index >= 15 is 0 Å². The lowest BCUT2D eigenvalue weighted by Crippen LogP contribution is -2.24. The van der Waals surface area contributed by atoms with E-state index in [0.29, 0.717) is 11.2 Å². The molecule has 0 amide bonds. The second-order valence-electron chi connectivity index (χ2n) is 13.4. The molecule has 200 valence electrons. The summed E-state index contributed by atoms with van der Waals surface area (Å²) in [7, 11) is 0. The van der Waals surface area contributed by atoms with Gasteiger partial charge in [-0.15, -0.1) is 0 Å². The lowest BCUT2D eigenvalue weighted by Gasteiger charge is -2.33. The minimum absolute atomic E-state index is 0.0822. The second-order valence-corrected chi connectivity index (χ2v) is 13.4. The van der Waals surface area contributed by atoms with Crippen LogP contribution in [0.5, 0.6) is 5.75 Å². The number of phenolic OH excluding ortho intramolecular Hbond substituents is 1. The predicted octanol–water partition coefficient (Wildman–Crippen LogP) is 11.0. The van der Waals surface area contributed by atoms with E-state index in [0.717, 1.165) is 29.8 Å². The molecule has 2 aromatic rings. The molecule has 2 rings (SSSR count). The van der Waals surface area contributed by atoms with Gasteiger partial charge in [-0.3, -0.25) is 0 Å². The standard InChI is InChI=1S/C28H43NO.C3H8.C2H6/c1-25(2,3)18-27(7,8)20-11-13-21(14-12-20)29-22-15-16-23(24(30)17-22)28(9,10)19-26(4,5)6;1-3-2;1-2/h11-17,29-30H,18-19H2,1-10H3;3H2,1-2H3;1-2H3. The van der Waals surface area contributed by atoms with E-state index in [-0.39, 0.29) is 16.2 Å². The lowest BCUT2D eigenvalue weighted by molar-refractivity contribution is 0.278. The molecule has 0 aliphatic rings. The number of rotatable bonds is 6. The van der Waals surface area contributed by atoms with E-state index in [9.17, 15) is 5.11 Å². The van der Waals surface area contributed by atoms with Crippen LogP contribution in [-0.2, 0) is 10.8 Å². The third-order valence-electron chi connectivity index (χ3n) is 5.63. The molecule has 2 heteroatoms. The molecular formula is C33H57NO. The van der Waals surface area contributed by atoms with E-state index in [2.05, 4.69) is 125 Å². The van der Waals surface area contributed by atoms with Crippen LogP contribution in [0.4, 0.5) is 11.4 Å². The summed E-state index contributed by atoms with van der Waals surface area (Å²) in [6, 6.07) is 14.7. The van der Waals surface area contributed by atoms with Gasteiger partial charge in [0.05, 0.1) is 0 Å². The van der Waals surface area contributed by atoms with Gasteiger partial charge in [-0.05, 0) is 63.8 Å². The summed E-state index contributed by atoms with van der Waals surface area (Å²) < 4.78 is 0. The Bertz CT molecular complexity index is 861. The first-order chi connectivity index (χ1) is 15.9. The average Bonchev–Trinajstić information content (AvgIpc) is 2.67. The molecule has 0 heterocycles. The quantitative estimate of drug-likeness (QED) is 0.428. The molecule has 0 saturated heterocycles.